The van der Waals surface area contributed by atoms with Crippen molar-refractivity contribution in [2.24, 2.45) is 5.41 Å². The molecule has 17 heavy (non-hydrogen) atoms. The molecule has 1 rings (SSSR count). The molecule has 0 aliphatic carbocycles. The third-order valence-corrected chi connectivity index (χ3v) is 3.06. The Hall–Kier alpha value is -1.12. The third-order valence-electron chi connectivity index (χ3n) is 3.06. The van der Waals surface area contributed by atoms with Crippen molar-refractivity contribution in [1.29, 1.82) is 5.26 Å². The van der Waals surface area contributed by atoms with E-state index >= 15 is 0 Å². The second-order valence-corrected chi connectivity index (χ2v) is 4.26. The van der Waals surface area contributed by atoms with Gasteiger partial charge in [-0.1, -0.05) is 0 Å². The first-order chi connectivity index (χ1) is 8.25. The van der Waals surface area contributed by atoms with E-state index in [-0.39, 0.29) is 5.91 Å². The van der Waals surface area contributed by atoms with Gasteiger partial charge < -0.3 is 14.8 Å². The quantitative estimate of drug-likeness (QED) is 0.699. The van der Waals surface area contributed by atoms with Crippen molar-refractivity contribution in [3.63, 3.8) is 0 Å². The molecule has 1 amide bonds. The number of hydrogen-bond acceptors (Lipinski definition) is 4. The molecule has 0 unspecified atom stereocenters. The highest BCUT2D eigenvalue weighted by Crippen LogP contribution is 2.29. The molecule has 1 aliphatic heterocycles. The van der Waals surface area contributed by atoms with Crippen LogP contribution in [0, 0.1) is 16.7 Å². The normalized spacial score (nSPS) is 18.4. The van der Waals surface area contributed by atoms with Crippen LogP contribution >= 0.6 is 0 Å². The molecule has 0 aromatic heterocycles. The van der Waals surface area contributed by atoms with Crippen LogP contribution in [0.5, 0.6) is 0 Å². The zero-order valence-electron chi connectivity index (χ0n) is 10.3. The molecule has 0 atom stereocenters. The van der Waals surface area contributed by atoms with Crippen LogP contribution in [-0.2, 0) is 14.3 Å². The average Bonchev–Trinajstić information content (AvgIpc) is 2.39. The maximum Gasteiger partial charge on any atom is 0.240 e. The lowest BCUT2D eigenvalue weighted by Gasteiger charge is -2.29. The fourth-order valence-corrected chi connectivity index (χ4v) is 1.85. The summed E-state index contributed by atoms with van der Waals surface area (Å²) >= 11 is 0. The predicted molar refractivity (Wildman–Crippen MR) is 62.2 cm³/mol. The van der Waals surface area contributed by atoms with Gasteiger partial charge in [-0.2, -0.15) is 5.26 Å². The molecule has 1 N–H and O–H groups in total. The number of methoxy groups -OCH3 is 1. The van der Waals surface area contributed by atoms with E-state index in [4.69, 9.17) is 14.7 Å². The number of nitrogens with one attached hydrogen (secondary N) is 1. The lowest BCUT2D eigenvalue weighted by molar-refractivity contribution is -0.132. The monoisotopic (exact) mass is 240 g/mol. The molecule has 0 saturated carbocycles. The zero-order valence-corrected chi connectivity index (χ0v) is 10.3. The minimum Gasteiger partial charge on any atom is -0.385 e. The van der Waals surface area contributed by atoms with E-state index in [1.165, 1.54) is 0 Å². The van der Waals surface area contributed by atoms with Crippen LogP contribution in [0.1, 0.15) is 25.7 Å². The number of ether oxygens (including phenoxy) is 2. The molecule has 5 heteroatoms. The summed E-state index contributed by atoms with van der Waals surface area (Å²) in [5.74, 6) is -0.152. The third kappa shape index (κ3) is 3.99. The Bertz CT molecular complexity index is 280. The molecule has 0 aromatic carbocycles. The minimum atomic E-state index is -0.875. The first kappa shape index (κ1) is 13.9. The van der Waals surface area contributed by atoms with E-state index in [0.717, 1.165) is 12.8 Å². The molecular weight excluding hydrogens is 220 g/mol. The van der Waals surface area contributed by atoms with Crippen molar-refractivity contribution >= 4 is 5.91 Å². The molecule has 1 aliphatic rings. The van der Waals surface area contributed by atoms with Gasteiger partial charge in [0.15, 0.2) is 0 Å². The van der Waals surface area contributed by atoms with Gasteiger partial charge >= 0.3 is 0 Å². The summed E-state index contributed by atoms with van der Waals surface area (Å²) in [4.78, 5) is 12.0. The van der Waals surface area contributed by atoms with E-state index < -0.39 is 5.41 Å². The van der Waals surface area contributed by atoms with E-state index in [1.54, 1.807) is 7.11 Å². The van der Waals surface area contributed by atoms with E-state index in [9.17, 15) is 4.79 Å². The average molecular weight is 240 g/mol. The van der Waals surface area contributed by atoms with E-state index in [1.807, 2.05) is 0 Å². The van der Waals surface area contributed by atoms with Crippen LogP contribution < -0.4 is 5.32 Å². The predicted octanol–water partition coefficient (Wildman–Crippen LogP) is 0.850. The van der Waals surface area contributed by atoms with Gasteiger partial charge in [0.05, 0.1) is 6.07 Å². The van der Waals surface area contributed by atoms with Gasteiger partial charge in [-0.3, -0.25) is 4.79 Å². The zero-order chi connectivity index (χ0) is 12.6. The molecule has 0 aromatic rings. The molecule has 1 saturated heterocycles. The standard InChI is InChI=1S/C12H20N2O3/c1-16-7-3-2-6-14-11(15)12(10-13)4-8-17-9-5-12/h2-9H2,1H3,(H,14,15). The molecule has 1 fully saturated rings. The Kier molecular flexibility index (Phi) is 5.95. The van der Waals surface area contributed by atoms with E-state index in [2.05, 4.69) is 11.4 Å². The lowest BCUT2D eigenvalue weighted by atomic mass is 9.81. The maximum atomic E-state index is 12.0. The Morgan fingerprint density at radius 2 is 2.18 bits per heavy atom. The fourth-order valence-electron chi connectivity index (χ4n) is 1.85. The number of amides is 1. The van der Waals surface area contributed by atoms with Crippen molar-refractivity contribution in [3.05, 3.63) is 0 Å². The number of nitrogens with zero attached hydrogens (tertiary/aromatic N) is 1. The Morgan fingerprint density at radius 1 is 1.47 bits per heavy atom. The highest BCUT2D eigenvalue weighted by Gasteiger charge is 2.40. The number of nitriles is 1. The first-order valence-corrected chi connectivity index (χ1v) is 6.01. The molecular formula is C12H20N2O3. The van der Waals surface area contributed by atoms with Crippen LogP contribution in [-0.4, -0.2) is 39.4 Å². The topological polar surface area (TPSA) is 71.3 Å². The van der Waals surface area contributed by atoms with Crippen molar-refractivity contribution < 1.29 is 14.3 Å². The van der Waals surface area contributed by atoms with Gasteiger partial charge in [0.1, 0.15) is 5.41 Å². The van der Waals surface area contributed by atoms with Gasteiger partial charge in [0, 0.05) is 33.5 Å². The number of carbonyl (C=O) groups excluding carboxylic acids is 1. The van der Waals surface area contributed by atoms with Crippen LogP contribution in [0.3, 0.4) is 0 Å². The summed E-state index contributed by atoms with van der Waals surface area (Å²) in [5.41, 5.74) is -0.875. The van der Waals surface area contributed by atoms with Crippen LogP contribution in [0.25, 0.3) is 0 Å². The number of hydrogen-bond donors (Lipinski definition) is 1. The summed E-state index contributed by atoms with van der Waals surface area (Å²) < 4.78 is 10.1. The van der Waals surface area contributed by atoms with Crippen molar-refractivity contribution in [2.75, 3.05) is 33.5 Å². The second kappa shape index (κ2) is 7.25. The largest absolute Gasteiger partial charge is 0.385 e. The number of rotatable bonds is 6. The smallest absolute Gasteiger partial charge is 0.240 e. The first-order valence-electron chi connectivity index (χ1n) is 6.01. The summed E-state index contributed by atoms with van der Waals surface area (Å²) in [7, 11) is 1.66. The van der Waals surface area contributed by atoms with Crippen LogP contribution in [0.15, 0.2) is 0 Å². The Morgan fingerprint density at radius 3 is 2.76 bits per heavy atom. The van der Waals surface area contributed by atoms with Gasteiger partial charge in [0.25, 0.3) is 0 Å². The Balaban J connectivity index is 2.32. The fraction of sp³-hybridized carbons (Fsp3) is 0.833. The SMILES string of the molecule is COCCCCNC(=O)C1(C#N)CCOCC1. The van der Waals surface area contributed by atoms with Crippen LogP contribution in [0.4, 0.5) is 0 Å². The van der Waals surface area contributed by atoms with Crippen LogP contribution in [0.2, 0.25) is 0 Å². The summed E-state index contributed by atoms with van der Waals surface area (Å²) in [6.07, 6.45) is 2.78. The van der Waals surface area contributed by atoms with Gasteiger partial charge in [-0.15, -0.1) is 0 Å². The highest BCUT2D eigenvalue weighted by atomic mass is 16.5. The molecule has 0 spiro atoms. The highest BCUT2D eigenvalue weighted by molar-refractivity contribution is 5.85. The molecule has 0 radical (unpaired) electrons. The van der Waals surface area contributed by atoms with Crippen molar-refractivity contribution in [2.45, 2.75) is 25.7 Å². The molecule has 96 valence electrons. The second-order valence-electron chi connectivity index (χ2n) is 4.26. The lowest BCUT2D eigenvalue weighted by Crippen LogP contribution is -2.44. The van der Waals surface area contributed by atoms with Crippen molar-refractivity contribution in [3.8, 4) is 6.07 Å². The van der Waals surface area contributed by atoms with E-state index in [0.29, 0.717) is 39.2 Å². The van der Waals surface area contributed by atoms with Gasteiger partial charge in [-0.25, -0.2) is 0 Å². The number of carbonyl (C=O) groups is 1. The minimum absolute atomic E-state index is 0.152. The summed E-state index contributed by atoms with van der Waals surface area (Å²) in [6.45, 7) is 2.29. The van der Waals surface area contributed by atoms with Gasteiger partial charge in [-0.05, 0) is 25.7 Å². The molecule has 0 bridgehead atoms. The summed E-state index contributed by atoms with van der Waals surface area (Å²) in [6, 6.07) is 2.15. The molecule has 5 nitrogen and oxygen atoms in total. The number of unbranched alkanes of at least 4 members (excludes halogenated alkanes) is 1. The Labute approximate surface area is 102 Å². The maximum absolute atomic E-state index is 12.0. The van der Waals surface area contributed by atoms with Gasteiger partial charge in [0.2, 0.25) is 5.91 Å². The van der Waals surface area contributed by atoms with Crippen molar-refractivity contribution in [1.82, 2.24) is 5.32 Å². The summed E-state index contributed by atoms with van der Waals surface area (Å²) in [5, 5.41) is 12.0. The molecule has 1 heterocycles.